The number of rotatable bonds is 9. The second-order valence-electron chi connectivity index (χ2n) is 11.5. The first kappa shape index (κ1) is 25.5. The van der Waals surface area contributed by atoms with E-state index in [4.69, 9.17) is 4.74 Å². The molecule has 8 heteroatoms. The maximum atomic E-state index is 12.6. The number of nitrogens with zero attached hydrogens (tertiary/aromatic N) is 1. The topological polar surface area (TPSA) is 121 Å². The minimum atomic E-state index is -1.13. The molecule has 0 saturated heterocycles. The Balaban J connectivity index is 0.944. The van der Waals surface area contributed by atoms with Crippen molar-refractivity contribution in [3.63, 3.8) is 0 Å². The van der Waals surface area contributed by atoms with Crippen molar-refractivity contribution in [1.29, 1.82) is 0 Å². The number of carbonyl (C=O) groups excluding carboxylic acids is 1. The van der Waals surface area contributed by atoms with E-state index in [0.717, 1.165) is 33.4 Å². The lowest BCUT2D eigenvalue weighted by molar-refractivity contribution is -0.139. The van der Waals surface area contributed by atoms with Crippen molar-refractivity contribution in [2.75, 3.05) is 6.61 Å². The molecule has 5 aliphatic rings. The van der Waals surface area contributed by atoms with Crippen LogP contribution in [0.3, 0.4) is 0 Å². The molecular formula is C33H32N2O6. The summed E-state index contributed by atoms with van der Waals surface area (Å²) in [6, 6.07) is 15.0. The second kappa shape index (κ2) is 9.87. The number of carboxylic acids is 1. The van der Waals surface area contributed by atoms with Crippen molar-refractivity contribution < 1.29 is 29.6 Å². The zero-order valence-electron chi connectivity index (χ0n) is 22.4. The number of hydrogen-bond donors (Lipinski definition) is 4. The summed E-state index contributed by atoms with van der Waals surface area (Å²) < 4.78 is 7.07. The molecule has 8 nitrogen and oxygen atoms in total. The maximum Gasteiger partial charge on any atom is 0.407 e. The van der Waals surface area contributed by atoms with Crippen molar-refractivity contribution in [2.24, 2.45) is 11.8 Å². The van der Waals surface area contributed by atoms with Crippen LogP contribution >= 0.6 is 0 Å². The van der Waals surface area contributed by atoms with Gasteiger partial charge < -0.3 is 25.4 Å². The normalized spacial score (nSPS) is 23.2. The van der Waals surface area contributed by atoms with E-state index in [9.17, 15) is 24.9 Å². The van der Waals surface area contributed by atoms with Gasteiger partial charge in [0.1, 0.15) is 12.6 Å². The van der Waals surface area contributed by atoms with Crippen molar-refractivity contribution in [2.45, 2.75) is 49.6 Å². The summed E-state index contributed by atoms with van der Waals surface area (Å²) in [7, 11) is 0. The predicted octanol–water partition coefficient (Wildman–Crippen LogP) is 5.61. The average molecular weight is 553 g/mol. The summed E-state index contributed by atoms with van der Waals surface area (Å²) in [4.78, 5) is 24.5. The van der Waals surface area contributed by atoms with Gasteiger partial charge in [-0.15, -0.1) is 0 Å². The van der Waals surface area contributed by atoms with Gasteiger partial charge in [-0.25, -0.2) is 9.59 Å². The van der Waals surface area contributed by atoms with E-state index in [1.54, 1.807) is 0 Å². The van der Waals surface area contributed by atoms with Gasteiger partial charge in [-0.3, -0.25) is 4.57 Å². The van der Waals surface area contributed by atoms with Crippen LogP contribution in [0.2, 0.25) is 0 Å². The largest absolute Gasteiger partial charge is 0.494 e. The van der Waals surface area contributed by atoms with E-state index in [1.807, 2.05) is 36.4 Å². The highest BCUT2D eigenvalue weighted by Gasteiger charge is 2.49. The monoisotopic (exact) mass is 552 g/mol. The summed E-state index contributed by atoms with van der Waals surface area (Å²) in [5, 5.41) is 34.2. The van der Waals surface area contributed by atoms with E-state index in [2.05, 4.69) is 41.8 Å². The molecule has 5 aliphatic carbocycles. The first-order valence-electron chi connectivity index (χ1n) is 14.3. The van der Waals surface area contributed by atoms with Gasteiger partial charge in [-0.05, 0) is 53.4 Å². The Kier molecular flexibility index (Phi) is 6.14. The molecule has 5 unspecified atom stereocenters. The summed E-state index contributed by atoms with van der Waals surface area (Å²) in [6.45, 7) is 0.460. The van der Waals surface area contributed by atoms with Crippen LogP contribution in [0.1, 0.15) is 59.3 Å². The third-order valence-electron chi connectivity index (χ3n) is 9.36. The fraction of sp³-hybridized carbons (Fsp3) is 0.333. The van der Waals surface area contributed by atoms with E-state index < -0.39 is 18.1 Å². The Morgan fingerprint density at radius 1 is 0.829 bits per heavy atom. The number of alkyl carbamates (subject to hydrolysis) is 1. The van der Waals surface area contributed by atoms with Crippen molar-refractivity contribution in [3.8, 4) is 22.9 Å². The van der Waals surface area contributed by atoms with E-state index in [0.29, 0.717) is 31.2 Å². The zero-order valence-corrected chi connectivity index (χ0v) is 22.4. The van der Waals surface area contributed by atoms with Crippen LogP contribution in [0.4, 0.5) is 4.79 Å². The molecule has 5 atom stereocenters. The fourth-order valence-corrected chi connectivity index (χ4v) is 7.32. The lowest BCUT2D eigenvalue weighted by Gasteiger charge is -2.47. The first-order chi connectivity index (χ1) is 19.9. The average Bonchev–Trinajstić information content (AvgIpc) is 3.41. The molecule has 1 heterocycles. The fourth-order valence-electron chi connectivity index (χ4n) is 7.32. The SMILES string of the molecule is O=C(NC(CCCCn1c(O)c2c(c1O)C1C=CC2C2C=CC12)C(=O)O)OCC1c2ccccc2-c2ccccc21. The van der Waals surface area contributed by atoms with Crippen LogP contribution in [0.5, 0.6) is 11.8 Å². The molecule has 1 aromatic heterocycles. The minimum Gasteiger partial charge on any atom is -0.494 e. The number of carbonyl (C=O) groups is 2. The molecule has 0 radical (unpaired) electrons. The molecular weight excluding hydrogens is 520 g/mol. The quantitative estimate of drug-likeness (QED) is 0.202. The molecule has 0 spiro atoms. The summed E-state index contributed by atoms with van der Waals surface area (Å²) >= 11 is 0. The van der Waals surface area contributed by atoms with Crippen LogP contribution in [-0.4, -0.2) is 44.6 Å². The van der Waals surface area contributed by atoms with E-state index in [1.165, 1.54) is 4.57 Å². The van der Waals surface area contributed by atoms with Crippen LogP contribution in [0.25, 0.3) is 11.1 Å². The number of nitrogens with one attached hydrogen (secondary N) is 1. The number of unbranched alkanes of at least 4 members (excludes halogenated alkanes) is 1. The smallest absolute Gasteiger partial charge is 0.407 e. The van der Waals surface area contributed by atoms with Crippen molar-refractivity contribution >= 4 is 12.1 Å². The summed E-state index contributed by atoms with van der Waals surface area (Å²) in [5.41, 5.74) is 6.05. The van der Waals surface area contributed by atoms with Gasteiger partial charge in [0.2, 0.25) is 0 Å². The number of fused-ring (bicyclic) bond motifs is 3. The predicted molar refractivity (Wildman–Crippen MR) is 152 cm³/mol. The van der Waals surface area contributed by atoms with Gasteiger partial charge >= 0.3 is 12.1 Å². The Labute approximate surface area is 237 Å². The molecule has 0 fully saturated rings. The lowest BCUT2D eigenvalue weighted by atomic mass is 9.56. The number of ether oxygens (including phenoxy) is 1. The molecule has 2 bridgehead atoms. The molecule has 0 aliphatic heterocycles. The van der Waals surface area contributed by atoms with Gasteiger partial charge in [0.05, 0.1) is 0 Å². The summed E-state index contributed by atoms with van der Waals surface area (Å²) in [5.74, 6) is -0.140. The maximum absolute atomic E-state index is 12.6. The highest BCUT2D eigenvalue weighted by Crippen LogP contribution is 2.61. The van der Waals surface area contributed by atoms with Crippen LogP contribution in [0.15, 0.2) is 72.8 Å². The van der Waals surface area contributed by atoms with Crippen LogP contribution < -0.4 is 5.32 Å². The number of allylic oxidation sites excluding steroid dienone is 4. The van der Waals surface area contributed by atoms with Crippen molar-refractivity contribution in [1.82, 2.24) is 9.88 Å². The van der Waals surface area contributed by atoms with E-state index in [-0.39, 0.29) is 42.5 Å². The zero-order chi connectivity index (χ0) is 28.2. The number of amides is 1. The van der Waals surface area contributed by atoms with Crippen molar-refractivity contribution in [3.05, 3.63) is 95.1 Å². The highest BCUT2D eigenvalue weighted by atomic mass is 16.5. The highest BCUT2D eigenvalue weighted by molar-refractivity contribution is 5.81. The number of aromatic nitrogens is 1. The molecule has 3 aromatic rings. The molecule has 210 valence electrons. The van der Waals surface area contributed by atoms with Crippen LogP contribution in [-0.2, 0) is 16.1 Å². The summed E-state index contributed by atoms with van der Waals surface area (Å²) in [6.07, 6.45) is 9.05. The number of carboxylic acid groups (broad SMARTS) is 1. The molecule has 41 heavy (non-hydrogen) atoms. The second-order valence-corrected chi connectivity index (χ2v) is 11.5. The number of benzene rings is 2. The molecule has 0 saturated carbocycles. The molecule has 1 amide bonds. The Bertz CT molecular complexity index is 1510. The number of hydrogen-bond acceptors (Lipinski definition) is 5. The molecule has 8 rings (SSSR count). The van der Waals surface area contributed by atoms with E-state index >= 15 is 0 Å². The van der Waals surface area contributed by atoms with Gasteiger partial charge in [0.15, 0.2) is 11.8 Å². The lowest BCUT2D eigenvalue weighted by Crippen LogP contribution is -2.41. The third-order valence-corrected chi connectivity index (χ3v) is 9.36. The number of aliphatic carboxylic acids is 1. The standard InChI is InChI=1S/C33H32N2O6/c36-30-28-24-14-15-25(23-13-12-22(23)24)29(28)31(37)35(30)16-6-5-11-27(32(38)39)34-33(40)41-17-26-20-9-3-1-7-18(20)19-8-2-4-10-21(19)26/h1-4,7-10,12-15,22-27,36-37H,5-6,11,16-17H2,(H,34,40)(H,38,39). The Morgan fingerprint density at radius 3 is 1.93 bits per heavy atom. The van der Waals surface area contributed by atoms with Gasteiger partial charge in [-0.2, -0.15) is 0 Å². The van der Waals surface area contributed by atoms with Gasteiger partial charge in [0.25, 0.3) is 0 Å². The number of aromatic hydroxyl groups is 2. The Hall–Kier alpha value is -4.46. The Morgan fingerprint density at radius 2 is 1.39 bits per heavy atom. The van der Waals surface area contributed by atoms with Gasteiger partial charge in [0, 0.05) is 35.4 Å². The van der Waals surface area contributed by atoms with Gasteiger partial charge in [-0.1, -0.05) is 72.8 Å². The third kappa shape index (κ3) is 4.04. The first-order valence-corrected chi connectivity index (χ1v) is 14.3. The molecule has 2 aromatic carbocycles. The minimum absolute atomic E-state index is 0.0787. The van der Waals surface area contributed by atoms with Crippen LogP contribution in [0, 0.1) is 11.8 Å². The molecule has 4 N–H and O–H groups in total.